The normalized spacial score (nSPS) is 12.6. The maximum atomic E-state index is 13.1. The van der Waals surface area contributed by atoms with Crippen molar-refractivity contribution in [3.05, 3.63) is 28.6 Å². The highest BCUT2D eigenvalue weighted by Crippen LogP contribution is 2.38. The first kappa shape index (κ1) is 15.0. The van der Waals surface area contributed by atoms with Crippen LogP contribution in [-0.2, 0) is 12.6 Å². The second-order valence-corrected chi connectivity index (χ2v) is 5.13. The Kier molecular flexibility index (Phi) is 4.41. The van der Waals surface area contributed by atoms with Crippen molar-refractivity contribution in [1.82, 2.24) is 4.98 Å². The van der Waals surface area contributed by atoms with Crippen LogP contribution in [0.2, 0.25) is 0 Å². The second kappa shape index (κ2) is 5.29. The Morgan fingerprint density at radius 3 is 2.00 bits per heavy atom. The molecule has 1 rings (SSSR count). The predicted molar refractivity (Wildman–Crippen MR) is 66.8 cm³/mol. The summed E-state index contributed by atoms with van der Waals surface area (Å²) in [6.45, 7) is 9.14. The molecule has 0 unspecified atom stereocenters. The van der Waals surface area contributed by atoms with Crippen molar-refractivity contribution >= 4 is 0 Å². The number of halogens is 3. The van der Waals surface area contributed by atoms with Gasteiger partial charge in [-0.3, -0.25) is 4.98 Å². The second-order valence-electron chi connectivity index (χ2n) is 5.13. The van der Waals surface area contributed by atoms with Gasteiger partial charge in [0.15, 0.2) is 0 Å². The van der Waals surface area contributed by atoms with E-state index in [-0.39, 0.29) is 17.5 Å². The van der Waals surface area contributed by atoms with Crippen molar-refractivity contribution < 1.29 is 13.2 Å². The van der Waals surface area contributed by atoms with Crippen molar-refractivity contribution in [2.24, 2.45) is 0 Å². The zero-order valence-electron chi connectivity index (χ0n) is 11.5. The molecule has 0 atom stereocenters. The fourth-order valence-corrected chi connectivity index (χ4v) is 1.96. The van der Waals surface area contributed by atoms with Gasteiger partial charge in [0.05, 0.1) is 11.3 Å². The lowest BCUT2D eigenvalue weighted by molar-refractivity contribution is -0.139. The SMILES string of the molecule is CCc1cc(C(C)C)nc(C(C)C)c1C(F)(F)F. The number of nitrogens with zero attached hydrogens (tertiary/aromatic N) is 1. The van der Waals surface area contributed by atoms with Gasteiger partial charge in [0.1, 0.15) is 0 Å². The summed E-state index contributed by atoms with van der Waals surface area (Å²) in [5.74, 6) is -0.0966. The van der Waals surface area contributed by atoms with Gasteiger partial charge >= 0.3 is 6.18 Å². The van der Waals surface area contributed by atoms with Gasteiger partial charge in [-0.1, -0.05) is 34.6 Å². The molecule has 0 spiro atoms. The molecule has 0 aliphatic carbocycles. The summed E-state index contributed by atoms with van der Waals surface area (Å²) in [6.07, 6.45) is -3.95. The van der Waals surface area contributed by atoms with E-state index < -0.39 is 11.7 Å². The van der Waals surface area contributed by atoms with E-state index in [0.29, 0.717) is 12.0 Å². The van der Waals surface area contributed by atoms with E-state index >= 15 is 0 Å². The molecule has 0 bridgehead atoms. The minimum absolute atomic E-state index is 0.134. The van der Waals surface area contributed by atoms with Gasteiger partial charge in [0.2, 0.25) is 0 Å². The Morgan fingerprint density at radius 1 is 1.11 bits per heavy atom. The first-order valence-electron chi connectivity index (χ1n) is 6.29. The summed E-state index contributed by atoms with van der Waals surface area (Å²) in [4.78, 5) is 4.23. The average molecular weight is 259 g/mol. The standard InChI is InChI=1S/C14H20F3N/c1-6-10-7-11(8(2)3)18-13(9(4)5)12(10)14(15,16)17/h7-9H,6H2,1-5H3. The molecule has 0 radical (unpaired) electrons. The number of hydrogen-bond acceptors (Lipinski definition) is 1. The molecular weight excluding hydrogens is 239 g/mol. The molecule has 0 saturated carbocycles. The third-order valence-electron chi connectivity index (χ3n) is 2.95. The molecule has 0 aliphatic rings. The zero-order valence-corrected chi connectivity index (χ0v) is 11.5. The molecule has 1 heterocycles. The smallest absolute Gasteiger partial charge is 0.257 e. The fraction of sp³-hybridized carbons (Fsp3) is 0.643. The van der Waals surface area contributed by atoms with Gasteiger partial charge in [-0.2, -0.15) is 13.2 Å². The van der Waals surface area contributed by atoms with E-state index in [0.717, 1.165) is 5.69 Å². The van der Waals surface area contributed by atoms with E-state index in [4.69, 9.17) is 0 Å². The van der Waals surface area contributed by atoms with Crippen molar-refractivity contribution in [3.63, 3.8) is 0 Å². The van der Waals surface area contributed by atoms with Crippen molar-refractivity contribution in [2.75, 3.05) is 0 Å². The number of alkyl halides is 3. The number of aromatic nitrogens is 1. The molecule has 0 amide bonds. The van der Waals surface area contributed by atoms with Crippen LogP contribution < -0.4 is 0 Å². The van der Waals surface area contributed by atoms with Crippen LogP contribution in [0.3, 0.4) is 0 Å². The monoisotopic (exact) mass is 259 g/mol. The van der Waals surface area contributed by atoms with Crippen LogP contribution in [-0.4, -0.2) is 4.98 Å². The highest BCUT2D eigenvalue weighted by molar-refractivity contribution is 5.37. The molecule has 102 valence electrons. The molecule has 4 heteroatoms. The van der Waals surface area contributed by atoms with Crippen LogP contribution in [0.4, 0.5) is 13.2 Å². The summed E-state index contributed by atoms with van der Waals surface area (Å²) >= 11 is 0. The maximum Gasteiger partial charge on any atom is 0.418 e. The fourth-order valence-electron chi connectivity index (χ4n) is 1.96. The van der Waals surface area contributed by atoms with E-state index in [1.165, 1.54) is 0 Å². The molecule has 1 aromatic heterocycles. The first-order chi connectivity index (χ1) is 8.18. The molecule has 18 heavy (non-hydrogen) atoms. The van der Waals surface area contributed by atoms with Crippen molar-refractivity contribution in [2.45, 2.75) is 59.1 Å². The number of pyridine rings is 1. The first-order valence-corrected chi connectivity index (χ1v) is 6.29. The summed E-state index contributed by atoms with van der Waals surface area (Å²) in [5.41, 5.74) is 0.725. The van der Waals surface area contributed by atoms with Crippen molar-refractivity contribution in [3.8, 4) is 0 Å². The van der Waals surface area contributed by atoms with E-state index in [9.17, 15) is 13.2 Å². The minimum atomic E-state index is -4.33. The predicted octanol–water partition coefficient (Wildman–Crippen LogP) is 4.91. The van der Waals surface area contributed by atoms with E-state index in [2.05, 4.69) is 4.98 Å². The van der Waals surface area contributed by atoms with Crippen LogP contribution in [0.15, 0.2) is 6.07 Å². The quantitative estimate of drug-likeness (QED) is 0.751. The van der Waals surface area contributed by atoms with E-state index in [1.54, 1.807) is 26.8 Å². The van der Waals surface area contributed by atoms with Crippen LogP contribution in [0.5, 0.6) is 0 Å². The zero-order chi connectivity index (χ0) is 14.1. The van der Waals surface area contributed by atoms with Gasteiger partial charge in [-0.15, -0.1) is 0 Å². The maximum absolute atomic E-state index is 13.1. The van der Waals surface area contributed by atoms with Gasteiger partial charge in [-0.25, -0.2) is 0 Å². The molecule has 0 aromatic carbocycles. The molecule has 0 N–H and O–H groups in total. The van der Waals surface area contributed by atoms with Crippen LogP contribution >= 0.6 is 0 Å². The highest BCUT2D eigenvalue weighted by atomic mass is 19.4. The van der Waals surface area contributed by atoms with Crippen LogP contribution in [0.1, 0.15) is 69.0 Å². The average Bonchev–Trinajstić information content (AvgIpc) is 2.25. The van der Waals surface area contributed by atoms with Crippen LogP contribution in [0.25, 0.3) is 0 Å². The Hall–Kier alpha value is -1.06. The Balaban J connectivity index is 3.57. The summed E-state index contributed by atoms with van der Waals surface area (Å²) in [5, 5.41) is 0. The highest BCUT2D eigenvalue weighted by Gasteiger charge is 2.37. The lowest BCUT2D eigenvalue weighted by Gasteiger charge is -2.20. The molecular formula is C14H20F3N. The Bertz CT molecular complexity index is 420. The van der Waals surface area contributed by atoms with Gasteiger partial charge in [0.25, 0.3) is 0 Å². The number of rotatable bonds is 3. The summed E-state index contributed by atoms with van der Waals surface area (Å²) in [6, 6.07) is 1.60. The van der Waals surface area contributed by atoms with E-state index in [1.807, 2.05) is 13.8 Å². The van der Waals surface area contributed by atoms with Gasteiger partial charge in [-0.05, 0) is 29.9 Å². The van der Waals surface area contributed by atoms with Crippen molar-refractivity contribution in [1.29, 1.82) is 0 Å². The molecule has 0 fully saturated rings. The molecule has 1 aromatic rings. The molecule has 0 saturated heterocycles. The lowest BCUT2D eigenvalue weighted by Crippen LogP contribution is -2.17. The third kappa shape index (κ3) is 3.03. The van der Waals surface area contributed by atoms with Gasteiger partial charge in [0, 0.05) is 5.69 Å². The lowest BCUT2D eigenvalue weighted by atomic mass is 9.94. The Morgan fingerprint density at radius 2 is 1.67 bits per heavy atom. The number of aryl methyl sites for hydroxylation is 1. The largest absolute Gasteiger partial charge is 0.418 e. The third-order valence-corrected chi connectivity index (χ3v) is 2.95. The Labute approximate surface area is 106 Å². The topological polar surface area (TPSA) is 12.9 Å². The molecule has 1 nitrogen and oxygen atoms in total. The van der Waals surface area contributed by atoms with Gasteiger partial charge < -0.3 is 0 Å². The summed E-state index contributed by atoms with van der Waals surface area (Å²) in [7, 11) is 0. The van der Waals surface area contributed by atoms with Crippen LogP contribution in [0, 0.1) is 0 Å². The minimum Gasteiger partial charge on any atom is -0.257 e. The summed E-state index contributed by atoms with van der Waals surface area (Å²) < 4.78 is 39.4. The molecule has 0 aliphatic heterocycles. The number of hydrogen-bond donors (Lipinski definition) is 0.